The van der Waals surface area contributed by atoms with Crippen molar-refractivity contribution in [3.63, 3.8) is 0 Å². The molecular formula is C10H20ClN3. The molecule has 2 atom stereocenters. The minimum absolute atomic E-state index is 0.199. The van der Waals surface area contributed by atoms with Crippen LogP contribution >= 0.6 is 11.6 Å². The van der Waals surface area contributed by atoms with Crippen LogP contribution < -0.4 is 0 Å². The van der Waals surface area contributed by atoms with Crippen molar-refractivity contribution in [1.82, 2.24) is 9.80 Å². The molecule has 1 saturated heterocycles. The number of hydrogen-bond donors (Lipinski definition) is 1. The molecule has 14 heavy (non-hydrogen) atoms. The second kappa shape index (κ2) is 4.49. The highest BCUT2D eigenvalue weighted by atomic mass is 35.5. The molecule has 3 nitrogen and oxygen atoms in total. The minimum Gasteiger partial charge on any atom is -0.346 e. The summed E-state index contributed by atoms with van der Waals surface area (Å²) in [6, 6.07) is 0.199. The van der Waals surface area contributed by atoms with Gasteiger partial charge in [0.1, 0.15) is 5.84 Å². The van der Waals surface area contributed by atoms with Gasteiger partial charge in [0.25, 0.3) is 0 Å². The summed E-state index contributed by atoms with van der Waals surface area (Å²) in [6.45, 7) is 4.38. The Morgan fingerprint density at radius 2 is 2.00 bits per heavy atom. The van der Waals surface area contributed by atoms with Crippen LogP contribution in [0.4, 0.5) is 0 Å². The van der Waals surface area contributed by atoms with Crippen molar-refractivity contribution in [2.75, 3.05) is 20.0 Å². The fourth-order valence-corrected chi connectivity index (χ4v) is 2.60. The molecule has 1 fully saturated rings. The summed E-state index contributed by atoms with van der Waals surface area (Å²) in [5.74, 6) is 1.85. The molecule has 0 aromatic carbocycles. The first-order valence-corrected chi connectivity index (χ1v) is 5.63. The first-order chi connectivity index (χ1) is 6.50. The molecule has 0 saturated carbocycles. The fraction of sp³-hybridized carbons (Fsp3) is 0.900. The van der Waals surface area contributed by atoms with Gasteiger partial charge in [0.05, 0.1) is 12.2 Å². The SMILES string of the molecule is CC(C)C1N(C)C(=N)C(CCCl)N1C. The molecule has 0 aromatic rings. The zero-order chi connectivity index (χ0) is 10.9. The Labute approximate surface area is 91.5 Å². The van der Waals surface area contributed by atoms with Gasteiger partial charge in [-0.1, -0.05) is 13.8 Å². The molecular weight excluding hydrogens is 198 g/mol. The first kappa shape index (κ1) is 11.8. The molecule has 4 heteroatoms. The number of nitrogens with one attached hydrogen (secondary N) is 1. The fourth-order valence-electron chi connectivity index (χ4n) is 2.39. The Morgan fingerprint density at radius 1 is 1.43 bits per heavy atom. The average Bonchev–Trinajstić information content (AvgIpc) is 2.30. The molecule has 0 bridgehead atoms. The van der Waals surface area contributed by atoms with Gasteiger partial charge < -0.3 is 4.90 Å². The minimum atomic E-state index is 0.199. The molecule has 1 aliphatic heterocycles. The zero-order valence-electron chi connectivity index (χ0n) is 9.42. The van der Waals surface area contributed by atoms with E-state index in [0.717, 1.165) is 6.42 Å². The van der Waals surface area contributed by atoms with Crippen LogP contribution in [0.5, 0.6) is 0 Å². The van der Waals surface area contributed by atoms with Crippen molar-refractivity contribution < 1.29 is 0 Å². The molecule has 0 radical (unpaired) electrons. The van der Waals surface area contributed by atoms with Crippen LogP contribution in [0.3, 0.4) is 0 Å². The smallest absolute Gasteiger partial charge is 0.115 e. The van der Waals surface area contributed by atoms with Gasteiger partial charge in [0.15, 0.2) is 0 Å². The van der Waals surface area contributed by atoms with Crippen molar-refractivity contribution in [3.8, 4) is 0 Å². The maximum Gasteiger partial charge on any atom is 0.115 e. The van der Waals surface area contributed by atoms with Crippen LogP contribution in [0.1, 0.15) is 20.3 Å². The number of alkyl halides is 1. The van der Waals surface area contributed by atoms with Crippen molar-refractivity contribution in [2.24, 2.45) is 5.92 Å². The summed E-state index contributed by atoms with van der Waals surface area (Å²) in [4.78, 5) is 4.32. The van der Waals surface area contributed by atoms with Crippen molar-refractivity contribution in [2.45, 2.75) is 32.5 Å². The molecule has 0 aromatic heterocycles. The summed E-state index contributed by atoms with van der Waals surface area (Å²) >= 11 is 5.75. The maximum absolute atomic E-state index is 8.00. The van der Waals surface area contributed by atoms with Gasteiger partial charge in [0, 0.05) is 12.9 Å². The number of hydrogen-bond acceptors (Lipinski definition) is 2. The molecule has 0 aliphatic carbocycles. The quantitative estimate of drug-likeness (QED) is 0.732. The van der Waals surface area contributed by atoms with Gasteiger partial charge >= 0.3 is 0 Å². The van der Waals surface area contributed by atoms with E-state index in [1.165, 1.54) is 0 Å². The van der Waals surface area contributed by atoms with Crippen LogP contribution in [0.15, 0.2) is 0 Å². The lowest BCUT2D eigenvalue weighted by Crippen LogP contribution is -2.40. The number of amidine groups is 1. The predicted molar refractivity (Wildman–Crippen MR) is 61.0 cm³/mol. The second-order valence-electron chi connectivity index (χ2n) is 4.31. The Kier molecular flexibility index (Phi) is 3.78. The highest BCUT2D eigenvalue weighted by molar-refractivity contribution is 6.18. The van der Waals surface area contributed by atoms with Gasteiger partial charge in [-0.05, 0) is 19.4 Å². The molecule has 1 rings (SSSR count). The maximum atomic E-state index is 8.00. The van der Waals surface area contributed by atoms with E-state index in [2.05, 4.69) is 30.7 Å². The summed E-state index contributed by atoms with van der Waals surface area (Å²) in [5.41, 5.74) is 0. The Bertz CT molecular complexity index is 217. The number of halogens is 1. The van der Waals surface area contributed by atoms with E-state index in [1.54, 1.807) is 0 Å². The van der Waals surface area contributed by atoms with Crippen LogP contribution in [-0.4, -0.2) is 47.8 Å². The Balaban J connectivity index is 2.79. The highest BCUT2D eigenvalue weighted by Crippen LogP contribution is 2.26. The summed E-state index contributed by atoms with van der Waals surface area (Å²) < 4.78 is 0. The van der Waals surface area contributed by atoms with E-state index in [1.807, 2.05) is 7.05 Å². The standard InChI is InChI=1S/C10H20ClN3/c1-7(2)10-13(3)8(5-6-11)9(12)14(10)4/h7-8,10,12H,5-6H2,1-4H3. The Hall–Kier alpha value is -0.280. The lowest BCUT2D eigenvalue weighted by Gasteiger charge is -2.29. The monoisotopic (exact) mass is 217 g/mol. The van der Waals surface area contributed by atoms with Gasteiger partial charge in [-0.15, -0.1) is 11.6 Å². The summed E-state index contributed by atoms with van der Waals surface area (Å²) in [5, 5.41) is 8.00. The van der Waals surface area contributed by atoms with Crippen molar-refractivity contribution in [3.05, 3.63) is 0 Å². The van der Waals surface area contributed by atoms with E-state index in [9.17, 15) is 0 Å². The van der Waals surface area contributed by atoms with E-state index < -0.39 is 0 Å². The zero-order valence-corrected chi connectivity index (χ0v) is 10.2. The predicted octanol–water partition coefficient (Wildman–Crippen LogP) is 1.82. The lowest BCUT2D eigenvalue weighted by atomic mass is 10.1. The van der Waals surface area contributed by atoms with E-state index in [0.29, 0.717) is 23.8 Å². The second-order valence-corrected chi connectivity index (χ2v) is 4.69. The van der Waals surface area contributed by atoms with Crippen molar-refractivity contribution in [1.29, 1.82) is 5.41 Å². The van der Waals surface area contributed by atoms with Crippen LogP contribution in [-0.2, 0) is 0 Å². The third-order valence-electron chi connectivity index (χ3n) is 2.98. The Morgan fingerprint density at radius 3 is 2.36 bits per heavy atom. The van der Waals surface area contributed by atoms with Gasteiger partial charge in [0.2, 0.25) is 0 Å². The third-order valence-corrected chi connectivity index (χ3v) is 3.20. The largest absolute Gasteiger partial charge is 0.346 e. The normalized spacial score (nSPS) is 29.3. The molecule has 1 aliphatic rings. The van der Waals surface area contributed by atoms with E-state index in [-0.39, 0.29) is 6.04 Å². The average molecular weight is 218 g/mol. The summed E-state index contributed by atoms with van der Waals surface area (Å²) in [7, 11) is 4.08. The molecule has 1 N–H and O–H groups in total. The van der Waals surface area contributed by atoms with Crippen LogP contribution in [0, 0.1) is 11.3 Å². The van der Waals surface area contributed by atoms with Gasteiger partial charge in [-0.2, -0.15) is 0 Å². The topological polar surface area (TPSA) is 30.3 Å². The number of rotatable bonds is 3. The first-order valence-electron chi connectivity index (χ1n) is 5.09. The lowest BCUT2D eigenvalue weighted by molar-refractivity contribution is 0.125. The number of likely N-dealkylation sites (N-methyl/N-ethyl adjacent to an activating group) is 2. The molecule has 0 spiro atoms. The van der Waals surface area contributed by atoms with Crippen LogP contribution in [0.2, 0.25) is 0 Å². The summed E-state index contributed by atoms with van der Waals surface area (Å²) in [6.07, 6.45) is 1.21. The molecule has 1 heterocycles. The molecule has 0 amide bonds. The van der Waals surface area contributed by atoms with Crippen molar-refractivity contribution >= 4 is 17.4 Å². The molecule has 82 valence electrons. The van der Waals surface area contributed by atoms with Gasteiger partial charge in [-0.3, -0.25) is 10.3 Å². The molecule has 2 unspecified atom stereocenters. The van der Waals surface area contributed by atoms with Crippen LogP contribution in [0.25, 0.3) is 0 Å². The third kappa shape index (κ3) is 1.89. The number of nitrogens with zero attached hydrogens (tertiary/aromatic N) is 2. The van der Waals surface area contributed by atoms with Gasteiger partial charge in [-0.25, -0.2) is 0 Å². The van der Waals surface area contributed by atoms with E-state index in [4.69, 9.17) is 17.0 Å². The highest BCUT2D eigenvalue weighted by Gasteiger charge is 2.39. The van der Waals surface area contributed by atoms with E-state index >= 15 is 0 Å².